The summed E-state index contributed by atoms with van der Waals surface area (Å²) in [6.07, 6.45) is 2.61. The Morgan fingerprint density at radius 3 is 2.77 bits per heavy atom. The Labute approximate surface area is 138 Å². The van der Waals surface area contributed by atoms with E-state index in [2.05, 4.69) is 43.3 Å². The van der Waals surface area contributed by atoms with Gasteiger partial charge in [0, 0.05) is 12.3 Å². The van der Waals surface area contributed by atoms with Crippen LogP contribution in [0.5, 0.6) is 0 Å². The van der Waals surface area contributed by atoms with Gasteiger partial charge in [0.15, 0.2) is 0 Å². The smallest absolute Gasteiger partial charge is 0.149 e. The molecule has 1 heterocycles. The van der Waals surface area contributed by atoms with Gasteiger partial charge in [0.05, 0.1) is 23.5 Å². The van der Waals surface area contributed by atoms with Gasteiger partial charge in [0.2, 0.25) is 0 Å². The molecule has 22 heavy (non-hydrogen) atoms. The van der Waals surface area contributed by atoms with Crippen LogP contribution in [0.2, 0.25) is 0 Å². The number of rotatable bonds is 3. The van der Waals surface area contributed by atoms with Crippen molar-refractivity contribution in [1.82, 2.24) is 9.97 Å². The fourth-order valence-corrected chi connectivity index (χ4v) is 3.43. The molecule has 114 valence electrons. The summed E-state index contributed by atoms with van der Waals surface area (Å²) in [6, 6.07) is 8.10. The van der Waals surface area contributed by atoms with E-state index in [4.69, 9.17) is 0 Å². The highest BCUT2D eigenvalue weighted by atomic mass is 79.9. The third kappa shape index (κ3) is 2.42. The summed E-state index contributed by atoms with van der Waals surface area (Å²) >= 11 is 3.48. The molecule has 2 aliphatic rings. The Kier molecular flexibility index (Phi) is 3.42. The quantitative estimate of drug-likeness (QED) is 0.880. The van der Waals surface area contributed by atoms with Crippen LogP contribution in [0, 0.1) is 6.92 Å². The fourth-order valence-electron chi connectivity index (χ4n) is 3.15. The van der Waals surface area contributed by atoms with Gasteiger partial charge in [0.1, 0.15) is 10.4 Å². The SMILES string of the molecule is Cc1nc(N[C@@H]2c3ccccc3C[C@@H]2O)c(C2CC2)nc1Br. The molecule has 1 aromatic heterocycles. The highest BCUT2D eigenvalue weighted by molar-refractivity contribution is 9.10. The van der Waals surface area contributed by atoms with Gasteiger partial charge in [-0.3, -0.25) is 0 Å². The number of aliphatic hydroxyl groups excluding tert-OH is 1. The summed E-state index contributed by atoms with van der Waals surface area (Å²) in [5.41, 5.74) is 4.27. The molecule has 4 rings (SSSR count). The van der Waals surface area contributed by atoms with Crippen molar-refractivity contribution in [3.63, 3.8) is 0 Å². The Hall–Kier alpha value is -1.46. The first-order valence-electron chi connectivity index (χ1n) is 7.70. The zero-order chi connectivity index (χ0) is 15.3. The maximum Gasteiger partial charge on any atom is 0.149 e. The number of nitrogens with one attached hydrogen (secondary N) is 1. The lowest BCUT2D eigenvalue weighted by molar-refractivity contribution is 0.165. The number of aliphatic hydroxyl groups is 1. The van der Waals surface area contributed by atoms with Crippen LogP contribution in [0.15, 0.2) is 28.9 Å². The van der Waals surface area contributed by atoms with E-state index in [1.807, 2.05) is 19.1 Å². The first-order chi connectivity index (χ1) is 10.6. The number of anilines is 1. The molecule has 1 aromatic carbocycles. The first-order valence-corrected chi connectivity index (χ1v) is 8.49. The monoisotopic (exact) mass is 359 g/mol. The van der Waals surface area contributed by atoms with Crippen molar-refractivity contribution in [2.75, 3.05) is 5.32 Å². The molecule has 5 heteroatoms. The van der Waals surface area contributed by atoms with Gasteiger partial charge in [0.25, 0.3) is 0 Å². The van der Waals surface area contributed by atoms with Gasteiger partial charge in [-0.1, -0.05) is 24.3 Å². The maximum absolute atomic E-state index is 10.4. The minimum absolute atomic E-state index is 0.108. The molecule has 2 atom stereocenters. The van der Waals surface area contributed by atoms with Crippen LogP contribution in [-0.4, -0.2) is 21.2 Å². The zero-order valence-corrected chi connectivity index (χ0v) is 14.0. The Morgan fingerprint density at radius 2 is 2.00 bits per heavy atom. The van der Waals surface area contributed by atoms with Gasteiger partial charge in [-0.2, -0.15) is 0 Å². The topological polar surface area (TPSA) is 58.0 Å². The highest BCUT2D eigenvalue weighted by Gasteiger charge is 2.34. The van der Waals surface area contributed by atoms with Crippen LogP contribution in [0.25, 0.3) is 0 Å². The number of aromatic nitrogens is 2. The minimum Gasteiger partial charge on any atom is -0.390 e. The molecule has 0 radical (unpaired) electrons. The van der Waals surface area contributed by atoms with Crippen molar-refractivity contribution < 1.29 is 5.11 Å². The molecular weight excluding hydrogens is 342 g/mol. The fraction of sp³-hybridized carbons (Fsp3) is 0.412. The predicted molar refractivity (Wildman–Crippen MR) is 89.0 cm³/mol. The summed E-state index contributed by atoms with van der Waals surface area (Å²) < 4.78 is 0.812. The van der Waals surface area contributed by atoms with Crippen molar-refractivity contribution >= 4 is 21.7 Å². The van der Waals surface area contributed by atoms with E-state index in [1.165, 1.54) is 24.0 Å². The summed E-state index contributed by atoms with van der Waals surface area (Å²) in [6.45, 7) is 1.94. The van der Waals surface area contributed by atoms with Gasteiger partial charge in [-0.25, -0.2) is 9.97 Å². The molecule has 0 saturated heterocycles. The number of halogens is 1. The lowest BCUT2D eigenvalue weighted by Crippen LogP contribution is -2.23. The Balaban J connectivity index is 1.70. The predicted octanol–water partition coefficient (Wildman–Crippen LogP) is 3.50. The third-order valence-corrected chi connectivity index (χ3v) is 5.25. The molecule has 0 bridgehead atoms. The van der Waals surface area contributed by atoms with Gasteiger partial charge in [-0.05, 0) is 46.8 Å². The molecule has 2 N–H and O–H groups in total. The molecule has 0 aliphatic heterocycles. The zero-order valence-electron chi connectivity index (χ0n) is 12.4. The largest absolute Gasteiger partial charge is 0.390 e. The van der Waals surface area contributed by atoms with E-state index in [0.29, 0.717) is 12.3 Å². The van der Waals surface area contributed by atoms with Crippen molar-refractivity contribution in [1.29, 1.82) is 0 Å². The van der Waals surface area contributed by atoms with Gasteiger partial charge < -0.3 is 10.4 Å². The Bertz CT molecular complexity index is 730. The minimum atomic E-state index is -0.421. The Morgan fingerprint density at radius 1 is 1.23 bits per heavy atom. The molecule has 1 fully saturated rings. The number of hydrogen-bond acceptors (Lipinski definition) is 4. The maximum atomic E-state index is 10.4. The molecule has 2 aromatic rings. The van der Waals surface area contributed by atoms with E-state index in [9.17, 15) is 5.11 Å². The molecule has 1 saturated carbocycles. The van der Waals surface area contributed by atoms with Crippen LogP contribution in [0.3, 0.4) is 0 Å². The van der Waals surface area contributed by atoms with Crippen LogP contribution < -0.4 is 5.32 Å². The van der Waals surface area contributed by atoms with Crippen LogP contribution >= 0.6 is 15.9 Å². The second-order valence-corrected chi connectivity index (χ2v) is 6.95. The average molecular weight is 360 g/mol. The molecule has 0 amide bonds. The second kappa shape index (κ2) is 5.32. The van der Waals surface area contributed by atoms with E-state index in [-0.39, 0.29) is 6.04 Å². The van der Waals surface area contributed by atoms with Crippen molar-refractivity contribution in [2.45, 2.75) is 44.2 Å². The number of benzene rings is 1. The standard InChI is InChI=1S/C17H18BrN3O/c1-9-16(18)20-14(10-6-7-10)17(19-9)21-15-12-5-3-2-4-11(12)8-13(15)22/h2-5,10,13,15,22H,6-8H2,1H3,(H,19,21)/t13-,15+/m0/s1. The highest BCUT2D eigenvalue weighted by Crippen LogP contribution is 2.44. The average Bonchev–Trinajstić information content (AvgIpc) is 3.29. The van der Waals surface area contributed by atoms with Crippen molar-refractivity contribution in [3.05, 3.63) is 51.4 Å². The lowest BCUT2D eigenvalue weighted by atomic mass is 10.1. The summed E-state index contributed by atoms with van der Waals surface area (Å²) in [4.78, 5) is 9.34. The van der Waals surface area contributed by atoms with Crippen LogP contribution in [-0.2, 0) is 6.42 Å². The molecule has 2 aliphatic carbocycles. The summed E-state index contributed by atoms with van der Waals surface area (Å²) in [5, 5.41) is 13.9. The van der Waals surface area contributed by atoms with Crippen LogP contribution in [0.4, 0.5) is 5.82 Å². The summed E-state index contributed by atoms with van der Waals surface area (Å²) in [7, 11) is 0. The molecule has 0 unspecified atom stereocenters. The first kappa shape index (κ1) is 14.2. The van der Waals surface area contributed by atoms with Crippen molar-refractivity contribution in [2.24, 2.45) is 0 Å². The van der Waals surface area contributed by atoms with Gasteiger partial charge in [-0.15, -0.1) is 0 Å². The number of nitrogens with zero attached hydrogens (tertiary/aromatic N) is 2. The number of aryl methyl sites for hydroxylation is 1. The summed E-state index contributed by atoms with van der Waals surface area (Å²) in [5.74, 6) is 1.32. The normalized spacial score (nSPS) is 23.4. The van der Waals surface area contributed by atoms with E-state index in [0.717, 1.165) is 21.8 Å². The third-order valence-electron chi connectivity index (χ3n) is 4.50. The van der Waals surface area contributed by atoms with E-state index >= 15 is 0 Å². The van der Waals surface area contributed by atoms with E-state index < -0.39 is 6.10 Å². The lowest BCUT2D eigenvalue weighted by Gasteiger charge is -2.20. The number of fused-ring (bicyclic) bond motifs is 1. The van der Waals surface area contributed by atoms with E-state index in [1.54, 1.807) is 0 Å². The number of hydrogen-bond donors (Lipinski definition) is 2. The van der Waals surface area contributed by atoms with Crippen molar-refractivity contribution in [3.8, 4) is 0 Å². The molecule has 4 nitrogen and oxygen atoms in total. The molecule has 0 spiro atoms. The molecular formula is C17H18BrN3O. The van der Waals surface area contributed by atoms with Gasteiger partial charge >= 0.3 is 0 Å². The second-order valence-electron chi connectivity index (χ2n) is 6.20. The van der Waals surface area contributed by atoms with Crippen LogP contribution in [0.1, 0.15) is 47.3 Å².